The monoisotopic (exact) mass is 351 g/mol. The highest BCUT2D eigenvalue weighted by molar-refractivity contribution is 7.94. The van der Waals surface area contributed by atoms with Gasteiger partial charge in [-0.1, -0.05) is 23.2 Å². The molecule has 0 saturated heterocycles. The zero-order valence-corrected chi connectivity index (χ0v) is 12.8. The molecule has 0 aliphatic heterocycles. The minimum Gasteiger partial charge on any atom is -0.478 e. The lowest BCUT2D eigenvalue weighted by Crippen LogP contribution is -2.14. The first-order valence-electron chi connectivity index (χ1n) is 5.10. The number of hydrogen-bond donors (Lipinski definition) is 2. The number of benzene rings is 1. The summed E-state index contributed by atoms with van der Waals surface area (Å²) in [5, 5.41) is 9.25. The summed E-state index contributed by atoms with van der Waals surface area (Å²) in [5.74, 6) is -1.26. The van der Waals surface area contributed by atoms with Gasteiger partial charge >= 0.3 is 5.97 Å². The molecule has 0 aliphatic carbocycles. The molecule has 106 valence electrons. The normalized spacial score (nSPS) is 11.3. The van der Waals surface area contributed by atoms with Crippen molar-refractivity contribution < 1.29 is 18.3 Å². The molecule has 20 heavy (non-hydrogen) atoms. The number of halogens is 2. The number of carboxylic acids is 1. The summed E-state index contributed by atoms with van der Waals surface area (Å²) in [4.78, 5) is 11.1. The zero-order valence-electron chi connectivity index (χ0n) is 9.63. The molecule has 1 aromatic heterocycles. The molecule has 2 aromatic rings. The van der Waals surface area contributed by atoms with Gasteiger partial charge in [-0.3, -0.25) is 4.72 Å². The molecule has 0 aliphatic rings. The molecule has 0 amide bonds. The number of carboxylic acid groups (broad SMARTS) is 1. The van der Waals surface area contributed by atoms with Crippen LogP contribution in [0.25, 0.3) is 0 Å². The zero-order chi connectivity index (χ0) is 14.9. The molecule has 5 nitrogen and oxygen atoms in total. The van der Waals surface area contributed by atoms with Crippen molar-refractivity contribution in [1.82, 2.24) is 0 Å². The van der Waals surface area contributed by atoms with Crippen molar-refractivity contribution in [2.45, 2.75) is 4.21 Å². The number of anilines is 1. The van der Waals surface area contributed by atoms with Crippen molar-refractivity contribution in [3.63, 3.8) is 0 Å². The van der Waals surface area contributed by atoms with Crippen LogP contribution < -0.4 is 4.72 Å². The third-order valence-electron chi connectivity index (χ3n) is 2.27. The molecule has 9 heteroatoms. The van der Waals surface area contributed by atoms with Crippen molar-refractivity contribution in [3.8, 4) is 0 Å². The molecule has 0 spiro atoms. The van der Waals surface area contributed by atoms with Gasteiger partial charge in [0.2, 0.25) is 0 Å². The number of carbonyl (C=O) groups is 1. The van der Waals surface area contributed by atoms with E-state index in [1.54, 1.807) is 0 Å². The summed E-state index contributed by atoms with van der Waals surface area (Å²) in [6, 6.07) is 6.60. The van der Waals surface area contributed by atoms with E-state index in [1.807, 2.05) is 0 Å². The quantitative estimate of drug-likeness (QED) is 0.881. The van der Waals surface area contributed by atoms with Crippen LogP contribution in [0.5, 0.6) is 0 Å². The third-order valence-corrected chi connectivity index (χ3v) is 5.59. The highest BCUT2D eigenvalue weighted by Gasteiger charge is 2.20. The maximum Gasteiger partial charge on any atom is 0.337 e. The maximum atomic E-state index is 12.1. The standard InChI is InChI=1S/C11H7Cl2NO4S2/c12-6-1-2-7(11(15)16)8(5-6)14-20(17,18)10-4-3-9(13)19-10/h1-5,14H,(H,15,16). The Kier molecular flexibility index (Phi) is 4.24. The second kappa shape index (κ2) is 5.61. The fourth-order valence-corrected chi connectivity index (χ4v) is 4.15. The van der Waals surface area contributed by atoms with Gasteiger partial charge in [0.05, 0.1) is 15.6 Å². The third kappa shape index (κ3) is 3.24. The van der Waals surface area contributed by atoms with Crippen LogP contribution in [-0.2, 0) is 10.0 Å². The first-order valence-corrected chi connectivity index (χ1v) is 8.16. The Labute approximate surface area is 128 Å². The molecule has 0 unspecified atom stereocenters. The van der Waals surface area contributed by atoms with Crippen LogP contribution in [0.15, 0.2) is 34.5 Å². The summed E-state index contributed by atoms with van der Waals surface area (Å²) in [6.45, 7) is 0. The fraction of sp³-hybridized carbons (Fsp3) is 0. The number of aromatic carboxylic acids is 1. The molecule has 0 fully saturated rings. The minimum absolute atomic E-state index is 0.0150. The molecule has 1 aromatic carbocycles. The van der Waals surface area contributed by atoms with Gasteiger partial charge in [0.1, 0.15) is 4.21 Å². The van der Waals surface area contributed by atoms with Crippen LogP contribution in [0.1, 0.15) is 10.4 Å². The fourth-order valence-electron chi connectivity index (χ4n) is 1.42. The van der Waals surface area contributed by atoms with E-state index in [0.29, 0.717) is 4.34 Å². The van der Waals surface area contributed by atoms with E-state index in [-0.39, 0.29) is 20.5 Å². The number of sulfonamides is 1. The minimum atomic E-state index is -3.90. The smallest absolute Gasteiger partial charge is 0.337 e. The van der Waals surface area contributed by atoms with Gasteiger partial charge in [-0.25, -0.2) is 13.2 Å². The lowest BCUT2D eigenvalue weighted by molar-refractivity contribution is 0.0698. The van der Waals surface area contributed by atoms with Gasteiger partial charge in [0, 0.05) is 5.02 Å². The molecular formula is C11H7Cl2NO4S2. The Balaban J connectivity index is 2.44. The summed E-state index contributed by atoms with van der Waals surface area (Å²) in [5.41, 5.74) is -0.296. The van der Waals surface area contributed by atoms with E-state index in [1.165, 1.54) is 30.3 Å². The van der Waals surface area contributed by atoms with E-state index < -0.39 is 16.0 Å². The molecule has 2 N–H and O–H groups in total. The van der Waals surface area contributed by atoms with Gasteiger partial charge in [0.15, 0.2) is 0 Å². The van der Waals surface area contributed by atoms with Crippen molar-refractivity contribution in [2.75, 3.05) is 4.72 Å². The van der Waals surface area contributed by atoms with E-state index in [2.05, 4.69) is 4.72 Å². The molecule has 0 saturated carbocycles. The number of nitrogens with one attached hydrogen (secondary N) is 1. The Hall–Kier alpha value is -1.28. The Morgan fingerprint density at radius 3 is 2.45 bits per heavy atom. The highest BCUT2D eigenvalue weighted by Crippen LogP contribution is 2.29. The predicted octanol–water partition coefficient (Wildman–Crippen LogP) is 3.55. The van der Waals surface area contributed by atoms with E-state index in [0.717, 1.165) is 11.3 Å². The second-order valence-electron chi connectivity index (χ2n) is 3.66. The highest BCUT2D eigenvalue weighted by atomic mass is 35.5. The van der Waals surface area contributed by atoms with Gasteiger partial charge in [-0.15, -0.1) is 11.3 Å². The lowest BCUT2D eigenvalue weighted by Gasteiger charge is -2.09. The van der Waals surface area contributed by atoms with Gasteiger partial charge in [0.25, 0.3) is 10.0 Å². The van der Waals surface area contributed by atoms with Crippen LogP contribution in [0, 0.1) is 0 Å². The molecule has 1 heterocycles. The van der Waals surface area contributed by atoms with E-state index >= 15 is 0 Å². The van der Waals surface area contributed by atoms with Crippen LogP contribution >= 0.6 is 34.5 Å². The van der Waals surface area contributed by atoms with Crippen molar-refractivity contribution in [3.05, 3.63) is 45.3 Å². The largest absolute Gasteiger partial charge is 0.478 e. The molecule has 0 radical (unpaired) electrons. The summed E-state index contributed by atoms with van der Waals surface area (Å²) in [7, 11) is -3.90. The number of rotatable bonds is 4. The number of thiophene rings is 1. The Bertz CT molecular complexity index is 770. The first kappa shape index (κ1) is 15.1. The van der Waals surface area contributed by atoms with Crippen molar-refractivity contribution in [1.29, 1.82) is 0 Å². The first-order chi connectivity index (χ1) is 9.29. The second-order valence-corrected chi connectivity index (χ2v) is 7.72. The van der Waals surface area contributed by atoms with Crippen molar-refractivity contribution >= 4 is 56.2 Å². The molecular weight excluding hydrogens is 345 g/mol. The van der Waals surface area contributed by atoms with Crippen LogP contribution in [0.4, 0.5) is 5.69 Å². The average Bonchev–Trinajstić information content (AvgIpc) is 2.75. The summed E-state index contributed by atoms with van der Waals surface area (Å²) in [6.07, 6.45) is 0. The Morgan fingerprint density at radius 1 is 1.20 bits per heavy atom. The van der Waals surface area contributed by atoms with Crippen molar-refractivity contribution in [2.24, 2.45) is 0 Å². The Morgan fingerprint density at radius 2 is 1.90 bits per heavy atom. The predicted molar refractivity (Wildman–Crippen MR) is 78.5 cm³/mol. The summed E-state index contributed by atoms with van der Waals surface area (Å²) < 4.78 is 26.7. The van der Waals surface area contributed by atoms with E-state index in [9.17, 15) is 13.2 Å². The van der Waals surface area contributed by atoms with Gasteiger partial charge < -0.3 is 5.11 Å². The average molecular weight is 352 g/mol. The summed E-state index contributed by atoms with van der Waals surface area (Å²) >= 11 is 12.3. The van der Waals surface area contributed by atoms with Gasteiger partial charge in [-0.2, -0.15) is 0 Å². The topological polar surface area (TPSA) is 83.5 Å². The van der Waals surface area contributed by atoms with Gasteiger partial charge in [-0.05, 0) is 30.3 Å². The molecule has 0 atom stereocenters. The molecule has 2 rings (SSSR count). The molecule has 0 bridgehead atoms. The maximum absolute atomic E-state index is 12.1. The number of hydrogen-bond acceptors (Lipinski definition) is 4. The van der Waals surface area contributed by atoms with Crippen LogP contribution in [0.3, 0.4) is 0 Å². The lowest BCUT2D eigenvalue weighted by atomic mass is 10.2. The van der Waals surface area contributed by atoms with E-state index in [4.69, 9.17) is 28.3 Å². The van der Waals surface area contributed by atoms with Crippen LogP contribution in [0.2, 0.25) is 9.36 Å². The van der Waals surface area contributed by atoms with Crippen LogP contribution in [-0.4, -0.2) is 19.5 Å². The SMILES string of the molecule is O=C(O)c1ccc(Cl)cc1NS(=O)(=O)c1ccc(Cl)s1.